The molecular formula is C8H15NO2. The SMILES string of the molecule is N[C@@H](CO)C1CC2CCC1O2. The summed E-state index contributed by atoms with van der Waals surface area (Å²) in [5.41, 5.74) is 5.73. The van der Waals surface area contributed by atoms with E-state index in [1.165, 1.54) is 6.42 Å². The minimum atomic E-state index is -0.0645. The van der Waals surface area contributed by atoms with Crippen LogP contribution in [-0.2, 0) is 4.74 Å². The zero-order chi connectivity index (χ0) is 7.84. The van der Waals surface area contributed by atoms with E-state index in [0.717, 1.165) is 12.8 Å². The van der Waals surface area contributed by atoms with Crippen molar-refractivity contribution in [2.24, 2.45) is 11.7 Å². The maximum Gasteiger partial charge on any atom is 0.0624 e. The van der Waals surface area contributed by atoms with Crippen LogP contribution in [0.15, 0.2) is 0 Å². The molecule has 0 aromatic heterocycles. The van der Waals surface area contributed by atoms with Gasteiger partial charge in [0.1, 0.15) is 0 Å². The van der Waals surface area contributed by atoms with E-state index in [-0.39, 0.29) is 12.6 Å². The standard InChI is InChI=1S/C8H15NO2/c9-7(4-10)6-3-5-1-2-8(6)11-5/h5-8,10H,1-4,9H2/t5?,6?,7-,8?/m0/s1. The molecule has 2 fully saturated rings. The minimum Gasteiger partial charge on any atom is -0.395 e. The first-order valence-electron chi connectivity index (χ1n) is 4.33. The molecule has 0 spiro atoms. The first kappa shape index (κ1) is 7.53. The predicted molar refractivity (Wildman–Crippen MR) is 41.1 cm³/mol. The van der Waals surface area contributed by atoms with Crippen LogP contribution in [0.4, 0.5) is 0 Å². The molecule has 2 saturated heterocycles. The van der Waals surface area contributed by atoms with Gasteiger partial charge in [-0.25, -0.2) is 0 Å². The van der Waals surface area contributed by atoms with E-state index in [9.17, 15) is 0 Å². The maximum absolute atomic E-state index is 8.84. The van der Waals surface area contributed by atoms with Gasteiger partial charge in [-0.2, -0.15) is 0 Å². The molecule has 2 aliphatic heterocycles. The summed E-state index contributed by atoms with van der Waals surface area (Å²) in [4.78, 5) is 0. The second kappa shape index (κ2) is 2.73. The quantitative estimate of drug-likeness (QED) is 0.587. The first-order chi connectivity index (χ1) is 5.31. The normalized spacial score (nSPS) is 44.7. The van der Waals surface area contributed by atoms with Gasteiger partial charge in [0, 0.05) is 12.0 Å². The average Bonchev–Trinajstić information content (AvgIpc) is 2.62. The van der Waals surface area contributed by atoms with Crippen molar-refractivity contribution in [3.8, 4) is 0 Å². The van der Waals surface area contributed by atoms with Gasteiger partial charge >= 0.3 is 0 Å². The van der Waals surface area contributed by atoms with Crippen LogP contribution in [0, 0.1) is 5.92 Å². The lowest BCUT2D eigenvalue weighted by Gasteiger charge is -2.23. The van der Waals surface area contributed by atoms with E-state index in [1.54, 1.807) is 0 Å². The lowest BCUT2D eigenvalue weighted by molar-refractivity contribution is 0.0827. The highest BCUT2D eigenvalue weighted by Gasteiger charge is 2.42. The smallest absolute Gasteiger partial charge is 0.0624 e. The molecule has 0 saturated carbocycles. The Balaban J connectivity index is 1.96. The molecule has 0 aromatic carbocycles. The Morgan fingerprint density at radius 1 is 1.55 bits per heavy atom. The van der Waals surface area contributed by atoms with Crippen LogP contribution in [0.25, 0.3) is 0 Å². The van der Waals surface area contributed by atoms with Gasteiger partial charge in [0.05, 0.1) is 18.8 Å². The Hall–Kier alpha value is -0.120. The van der Waals surface area contributed by atoms with Gasteiger partial charge in [0.25, 0.3) is 0 Å². The summed E-state index contributed by atoms with van der Waals surface area (Å²) < 4.78 is 5.62. The van der Waals surface area contributed by atoms with E-state index < -0.39 is 0 Å². The van der Waals surface area contributed by atoms with Gasteiger partial charge in [-0.05, 0) is 19.3 Å². The van der Waals surface area contributed by atoms with Crippen molar-refractivity contribution in [3.05, 3.63) is 0 Å². The Morgan fingerprint density at radius 2 is 2.36 bits per heavy atom. The van der Waals surface area contributed by atoms with Crippen molar-refractivity contribution >= 4 is 0 Å². The van der Waals surface area contributed by atoms with E-state index in [0.29, 0.717) is 18.1 Å². The molecule has 3 nitrogen and oxygen atoms in total. The summed E-state index contributed by atoms with van der Waals surface area (Å²) in [6, 6.07) is -0.0645. The average molecular weight is 157 g/mol. The number of rotatable bonds is 2. The van der Waals surface area contributed by atoms with Crippen molar-refractivity contribution in [1.82, 2.24) is 0 Å². The number of fused-ring (bicyclic) bond motifs is 2. The minimum absolute atomic E-state index is 0.0645. The predicted octanol–water partition coefficient (Wildman–Crippen LogP) is -0.127. The molecule has 0 amide bonds. The number of hydrogen-bond donors (Lipinski definition) is 2. The monoisotopic (exact) mass is 157 g/mol. The molecular weight excluding hydrogens is 142 g/mol. The molecule has 2 bridgehead atoms. The number of hydrogen-bond acceptors (Lipinski definition) is 3. The lowest BCUT2D eigenvalue weighted by atomic mass is 9.84. The Morgan fingerprint density at radius 3 is 2.82 bits per heavy atom. The summed E-state index contributed by atoms with van der Waals surface area (Å²) in [5, 5.41) is 8.84. The fraction of sp³-hybridized carbons (Fsp3) is 1.00. The highest BCUT2D eigenvalue weighted by atomic mass is 16.5. The summed E-state index contributed by atoms with van der Waals surface area (Å²) >= 11 is 0. The highest BCUT2D eigenvalue weighted by Crippen LogP contribution is 2.39. The van der Waals surface area contributed by atoms with Crippen molar-refractivity contribution in [1.29, 1.82) is 0 Å². The molecule has 3 heteroatoms. The van der Waals surface area contributed by atoms with Crippen LogP contribution in [0.5, 0.6) is 0 Å². The van der Waals surface area contributed by atoms with Gasteiger partial charge < -0.3 is 15.6 Å². The molecule has 2 rings (SSSR count). The van der Waals surface area contributed by atoms with Crippen molar-refractivity contribution < 1.29 is 9.84 Å². The van der Waals surface area contributed by atoms with Crippen LogP contribution in [0.3, 0.4) is 0 Å². The first-order valence-corrected chi connectivity index (χ1v) is 4.33. The molecule has 11 heavy (non-hydrogen) atoms. The van der Waals surface area contributed by atoms with Crippen LogP contribution in [-0.4, -0.2) is 30.0 Å². The fourth-order valence-corrected chi connectivity index (χ4v) is 2.26. The van der Waals surface area contributed by atoms with E-state index in [2.05, 4.69) is 0 Å². The number of aliphatic hydroxyl groups excluding tert-OH is 1. The Labute approximate surface area is 66.5 Å². The van der Waals surface area contributed by atoms with E-state index in [1.807, 2.05) is 0 Å². The van der Waals surface area contributed by atoms with Crippen LogP contribution < -0.4 is 5.73 Å². The Kier molecular flexibility index (Phi) is 1.87. The topological polar surface area (TPSA) is 55.5 Å². The van der Waals surface area contributed by atoms with E-state index in [4.69, 9.17) is 15.6 Å². The molecule has 0 radical (unpaired) electrons. The molecule has 2 heterocycles. The van der Waals surface area contributed by atoms with Crippen molar-refractivity contribution in [2.75, 3.05) is 6.61 Å². The summed E-state index contributed by atoms with van der Waals surface area (Å²) in [6.07, 6.45) is 4.19. The maximum atomic E-state index is 8.84. The largest absolute Gasteiger partial charge is 0.395 e. The Bertz CT molecular complexity index is 151. The third-order valence-electron chi connectivity index (χ3n) is 2.91. The van der Waals surface area contributed by atoms with Gasteiger partial charge in [0.15, 0.2) is 0 Å². The second-order valence-electron chi connectivity index (χ2n) is 3.62. The molecule has 64 valence electrons. The van der Waals surface area contributed by atoms with E-state index >= 15 is 0 Å². The van der Waals surface area contributed by atoms with Crippen LogP contribution >= 0.6 is 0 Å². The second-order valence-corrected chi connectivity index (χ2v) is 3.62. The summed E-state index contributed by atoms with van der Waals surface area (Å²) in [6.45, 7) is 0.0945. The zero-order valence-electron chi connectivity index (χ0n) is 6.57. The molecule has 2 aliphatic rings. The molecule has 3 unspecified atom stereocenters. The van der Waals surface area contributed by atoms with Gasteiger partial charge in [-0.15, -0.1) is 0 Å². The fourth-order valence-electron chi connectivity index (χ4n) is 2.26. The summed E-state index contributed by atoms with van der Waals surface area (Å²) in [7, 11) is 0. The van der Waals surface area contributed by atoms with Crippen LogP contribution in [0.1, 0.15) is 19.3 Å². The molecule has 0 aliphatic carbocycles. The zero-order valence-corrected chi connectivity index (χ0v) is 6.57. The number of aliphatic hydroxyl groups is 1. The number of nitrogens with two attached hydrogens (primary N) is 1. The highest BCUT2D eigenvalue weighted by molar-refractivity contribution is 4.93. The van der Waals surface area contributed by atoms with Gasteiger partial charge in [-0.1, -0.05) is 0 Å². The lowest BCUT2D eigenvalue weighted by Crippen LogP contribution is -2.38. The third-order valence-corrected chi connectivity index (χ3v) is 2.91. The van der Waals surface area contributed by atoms with Crippen LogP contribution in [0.2, 0.25) is 0 Å². The molecule has 4 atom stereocenters. The summed E-state index contributed by atoms with van der Waals surface area (Å²) in [5.74, 6) is 0.416. The molecule has 0 aromatic rings. The third kappa shape index (κ3) is 1.17. The van der Waals surface area contributed by atoms with Gasteiger partial charge in [-0.3, -0.25) is 0 Å². The van der Waals surface area contributed by atoms with Gasteiger partial charge in [0.2, 0.25) is 0 Å². The van der Waals surface area contributed by atoms with Crippen molar-refractivity contribution in [2.45, 2.75) is 37.5 Å². The molecule has 3 N–H and O–H groups in total. The van der Waals surface area contributed by atoms with Crippen molar-refractivity contribution in [3.63, 3.8) is 0 Å². The number of ether oxygens (including phenoxy) is 1.